The Morgan fingerprint density at radius 2 is 0.944 bits per heavy atom. The van der Waals surface area contributed by atoms with E-state index in [9.17, 15) is 4.79 Å². The highest BCUT2D eigenvalue weighted by atomic mass is 27.3. The van der Waals surface area contributed by atoms with Crippen molar-refractivity contribution in [2.45, 2.75) is 156 Å². The van der Waals surface area contributed by atoms with Gasteiger partial charge in [-0.3, -0.25) is 0 Å². The maximum atomic E-state index is 11.7. The van der Waals surface area contributed by atoms with Gasteiger partial charge in [-0.15, -0.1) is 0 Å². The first-order valence-corrected chi connectivity index (χ1v) is 16.8. The van der Waals surface area contributed by atoms with Gasteiger partial charge in [0.05, 0.1) is 18.4 Å². The highest BCUT2D eigenvalue weighted by Gasteiger charge is 2.35. The molecule has 0 spiro atoms. The lowest BCUT2D eigenvalue weighted by Crippen LogP contribution is -2.28. The van der Waals surface area contributed by atoms with Crippen LogP contribution in [0.2, 0.25) is 0 Å². The molecule has 0 aliphatic carbocycles. The van der Waals surface area contributed by atoms with Crippen LogP contribution in [0.3, 0.4) is 0 Å². The zero-order valence-electron chi connectivity index (χ0n) is 24.5. The summed E-state index contributed by atoms with van der Waals surface area (Å²) in [7, 11) is 0. The summed E-state index contributed by atoms with van der Waals surface area (Å²) >= 11 is -2.31. The maximum Gasteiger partial charge on any atom is 1.00 e. The molecule has 0 heterocycles. The van der Waals surface area contributed by atoms with E-state index in [0.717, 1.165) is 12.8 Å². The summed E-state index contributed by atoms with van der Waals surface area (Å²) in [5.41, 5.74) is 0. The van der Waals surface area contributed by atoms with Gasteiger partial charge in [0.25, 0.3) is 0 Å². The van der Waals surface area contributed by atoms with Crippen LogP contribution >= 0.6 is 0 Å². The molecular formula is C30H59AlO5. The van der Waals surface area contributed by atoms with Crippen LogP contribution in [0.15, 0.2) is 11.8 Å². The Labute approximate surface area is 229 Å². The van der Waals surface area contributed by atoms with E-state index in [1.807, 2.05) is 0 Å². The van der Waals surface area contributed by atoms with Crippen molar-refractivity contribution in [1.29, 1.82) is 0 Å². The SMILES string of the molecule is CCCCCCCCCCCC[O][Al]([O]CCCCCCCCCCCC)[O]/C(C)=C\C(=O)OCC. The van der Waals surface area contributed by atoms with Gasteiger partial charge in [0, 0.05) is 13.2 Å². The van der Waals surface area contributed by atoms with Gasteiger partial charge < -0.3 is 16.1 Å². The third kappa shape index (κ3) is 26.5. The summed E-state index contributed by atoms with van der Waals surface area (Å²) in [5, 5.41) is 0. The predicted octanol–water partition coefficient (Wildman–Crippen LogP) is 9.33. The molecule has 0 atom stereocenters. The number of hydrogen-bond donors (Lipinski definition) is 0. The first-order valence-electron chi connectivity index (χ1n) is 15.4. The fraction of sp³-hybridized carbons (Fsp3) is 0.900. The van der Waals surface area contributed by atoms with Gasteiger partial charge in [0.15, 0.2) is 0 Å². The van der Waals surface area contributed by atoms with Crippen molar-refractivity contribution >= 4 is 21.1 Å². The van der Waals surface area contributed by atoms with Crippen LogP contribution < -0.4 is 0 Å². The van der Waals surface area contributed by atoms with Crippen LogP contribution in [0.1, 0.15) is 156 Å². The number of carbonyl (C=O) groups excluding carboxylic acids is 1. The van der Waals surface area contributed by atoms with Crippen molar-refractivity contribution in [2.75, 3.05) is 19.8 Å². The minimum atomic E-state index is -2.31. The molecule has 0 saturated carbocycles. The van der Waals surface area contributed by atoms with E-state index in [4.69, 9.17) is 16.1 Å². The lowest BCUT2D eigenvalue weighted by molar-refractivity contribution is -0.137. The summed E-state index contributed by atoms with van der Waals surface area (Å²) < 4.78 is 22.9. The van der Waals surface area contributed by atoms with Crippen molar-refractivity contribution in [3.05, 3.63) is 11.8 Å². The zero-order chi connectivity index (χ0) is 26.5. The molecule has 0 radical (unpaired) electrons. The normalized spacial score (nSPS) is 11.6. The first-order chi connectivity index (χ1) is 17.6. The monoisotopic (exact) mass is 526 g/mol. The summed E-state index contributed by atoms with van der Waals surface area (Å²) in [4.78, 5) is 11.7. The smallest absolute Gasteiger partial charge is 0.602 e. The van der Waals surface area contributed by atoms with Crippen molar-refractivity contribution in [1.82, 2.24) is 0 Å². The Bertz CT molecular complexity index is 472. The first kappa shape index (κ1) is 35.5. The van der Waals surface area contributed by atoms with Crippen molar-refractivity contribution in [3.63, 3.8) is 0 Å². The van der Waals surface area contributed by atoms with E-state index in [1.165, 1.54) is 122 Å². The van der Waals surface area contributed by atoms with E-state index in [-0.39, 0.29) is 5.97 Å². The van der Waals surface area contributed by atoms with Gasteiger partial charge in [-0.25, -0.2) is 4.79 Å². The number of carbonyl (C=O) groups is 1. The minimum absolute atomic E-state index is 0.355. The minimum Gasteiger partial charge on any atom is -0.602 e. The van der Waals surface area contributed by atoms with Gasteiger partial charge in [-0.2, -0.15) is 0 Å². The maximum absolute atomic E-state index is 11.7. The summed E-state index contributed by atoms with van der Waals surface area (Å²) in [6.07, 6.45) is 27.4. The number of ether oxygens (including phenoxy) is 1. The molecule has 0 rings (SSSR count). The average molecular weight is 527 g/mol. The molecule has 0 unspecified atom stereocenters. The van der Waals surface area contributed by atoms with Gasteiger partial charge in [-0.05, 0) is 26.7 Å². The van der Waals surface area contributed by atoms with E-state index in [0.29, 0.717) is 25.6 Å². The average Bonchev–Trinajstić information content (AvgIpc) is 2.85. The van der Waals surface area contributed by atoms with E-state index in [1.54, 1.807) is 13.8 Å². The van der Waals surface area contributed by atoms with Gasteiger partial charge >= 0.3 is 21.1 Å². The predicted molar refractivity (Wildman–Crippen MR) is 153 cm³/mol. The molecule has 36 heavy (non-hydrogen) atoms. The van der Waals surface area contributed by atoms with Crippen LogP contribution in [-0.4, -0.2) is 40.9 Å². The van der Waals surface area contributed by atoms with Gasteiger partial charge in [0.1, 0.15) is 0 Å². The fourth-order valence-corrected chi connectivity index (χ4v) is 5.51. The van der Waals surface area contributed by atoms with Crippen LogP contribution in [0, 0.1) is 0 Å². The number of unbranched alkanes of at least 4 members (excludes halogenated alkanes) is 18. The molecular weight excluding hydrogens is 467 g/mol. The molecule has 5 nitrogen and oxygen atoms in total. The lowest BCUT2D eigenvalue weighted by Gasteiger charge is -2.15. The van der Waals surface area contributed by atoms with Crippen molar-refractivity contribution < 1.29 is 20.9 Å². The number of esters is 1. The Balaban J connectivity index is 4.07. The number of allylic oxidation sites excluding steroid dienone is 1. The molecule has 0 amide bonds. The molecule has 212 valence electrons. The molecule has 0 bridgehead atoms. The molecule has 0 aromatic rings. The van der Waals surface area contributed by atoms with E-state index < -0.39 is 15.1 Å². The molecule has 0 fully saturated rings. The Morgan fingerprint density at radius 1 is 0.583 bits per heavy atom. The quantitative estimate of drug-likeness (QED) is 0.0334. The van der Waals surface area contributed by atoms with E-state index in [2.05, 4.69) is 13.8 Å². The molecule has 0 aliphatic rings. The van der Waals surface area contributed by atoms with Gasteiger partial charge in [-0.1, -0.05) is 129 Å². The van der Waals surface area contributed by atoms with Crippen molar-refractivity contribution in [3.8, 4) is 0 Å². The lowest BCUT2D eigenvalue weighted by atomic mass is 10.1. The van der Waals surface area contributed by atoms with Crippen LogP contribution in [0.5, 0.6) is 0 Å². The third-order valence-corrected chi connectivity index (χ3v) is 7.97. The van der Waals surface area contributed by atoms with E-state index >= 15 is 0 Å². The zero-order valence-corrected chi connectivity index (χ0v) is 25.6. The highest BCUT2D eigenvalue weighted by Crippen LogP contribution is 2.13. The molecule has 0 aliphatic heterocycles. The van der Waals surface area contributed by atoms with Crippen molar-refractivity contribution in [2.24, 2.45) is 0 Å². The summed E-state index contributed by atoms with van der Waals surface area (Å²) in [6, 6.07) is 0. The second-order valence-electron chi connectivity index (χ2n) is 10.0. The third-order valence-electron chi connectivity index (χ3n) is 6.39. The second kappa shape index (κ2) is 29.0. The molecule has 6 heteroatoms. The fourth-order valence-electron chi connectivity index (χ4n) is 4.19. The number of hydrogen-bond acceptors (Lipinski definition) is 5. The second-order valence-corrected chi connectivity index (χ2v) is 11.5. The molecule has 0 N–H and O–H groups in total. The Hall–Kier alpha value is -0.538. The van der Waals surface area contributed by atoms with Crippen LogP contribution in [0.4, 0.5) is 0 Å². The van der Waals surface area contributed by atoms with Crippen LogP contribution in [0.25, 0.3) is 0 Å². The summed E-state index contributed by atoms with van der Waals surface area (Å²) in [5.74, 6) is 0.128. The molecule has 0 aromatic carbocycles. The topological polar surface area (TPSA) is 54.0 Å². The Morgan fingerprint density at radius 3 is 1.31 bits per heavy atom. The summed E-state index contributed by atoms with van der Waals surface area (Å²) in [6.45, 7) is 9.78. The standard InChI is InChI=1S/2C12H25O.C6H10O3.Al/c2*1-2-3-4-5-6-7-8-9-10-11-12-13;1-3-9-6(8)4-5(2)7;/h2*2-12H2,1H3;4,7H,3H2,1-2H3;/q2*-1;;+3/p-1/b;;5-4-;. The van der Waals surface area contributed by atoms with Crippen LogP contribution in [-0.2, 0) is 20.9 Å². The van der Waals surface area contributed by atoms with Gasteiger partial charge in [0.2, 0.25) is 0 Å². The molecule has 0 saturated heterocycles. The molecule has 0 aromatic heterocycles. The largest absolute Gasteiger partial charge is 1.00 e. The Kier molecular flexibility index (Phi) is 28.6. The highest BCUT2D eigenvalue weighted by molar-refractivity contribution is 6.36. The number of rotatable bonds is 28.